The zero-order chi connectivity index (χ0) is 22.8. The predicted octanol–water partition coefficient (Wildman–Crippen LogP) is 4.00. The minimum Gasteiger partial charge on any atom is -0.731 e. The van der Waals surface area contributed by atoms with Crippen LogP contribution in [0.3, 0.4) is 0 Å². The van der Waals surface area contributed by atoms with Crippen LogP contribution in [0.15, 0.2) is 36.4 Å². The molecule has 32 heavy (non-hydrogen) atoms. The van der Waals surface area contributed by atoms with Gasteiger partial charge in [-0.05, 0) is 56.4 Å². The zero-order valence-corrected chi connectivity index (χ0v) is 23.4. The molecule has 0 N–H and O–H groups in total. The van der Waals surface area contributed by atoms with Gasteiger partial charge in [-0.15, -0.1) is 0 Å². The zero-order valence-electron chi connectivity index (χ0n) is 20.6. The minimum atomic E-state index is -4.52. The second-order valence-electron chi connectivity index (χ2n) is 8.17. The van der Waals surface area contributed by atoms with E-state index in [1.807, 2.05) is 0 Å². The van der Waals surface area contributed by atoms with E-state index >= 15 is 0 Å². The van der Waals surface area contributed by atoms with Crippen LogP contribution < -0.4 is 38.6 Å². The summed E-state index contributed by atoms with van der Waals surface area (Å²) in [6.45, 7) is 2.47. The molecule has 0 fully saturated rings. The monoisotopic (exact) mass is 475 g/mol. The maximum absolute atomic E-state index is 11.6. The Balaban J connectivity index is 0.00000961. The molecule has 0 radical (unpaired) electrons. The maximum atomic E-state index is 11.6. The summed E-state index contributed by atoms with van der Waals surface area (Å²) >= 11 is 0. The Labute approximate surface area is 219 Å². The van der Waals surface area contributed by atoms with Crippen molar-refractivity contribution in [3.63, 3.8) is 0 Å². The van der Waals surface area contributed by atoms with Crippen LogP contribution in [0.4, 0.5) is 5.69 Å². The second kappa shape index (κ2) is 19.9. The van der Waals surface area contributed by atoms with E-state index in [9.17, 15) is 13.0 Å². The normalized spacial score (nSPS) is 11.5. The fourth-order valence-corrected chi connectivity index (χ4v) is 4.35. The molecule has 0 heterocycles. The van der Waals surface area contributed by atoms with Crippen molar-refractivity contribution in [2.45, 2.75) is 96.8 Å². The summed E-state index contributed by atoms with van der Waals surface area (Å²) in [5.41, 5.74) is 0.392. The molecule has 7 heteroatoms. The summed E-state index contributed by atoms with van der Waals surface area (Å²) < 4.78 is 40.9. The third kappa shape index (κ3) is 15.3. The number of allylic oxidation sites excluding steroid dienone is 2. The van der Waals surface area contributed by atoms with Crippen molar-refractivity contribution in [2.24, 2.45) is 0 Å². The van der Waals surface area contributed by atoms with Crippen LogP contribution in [0.25, 0.3) is 0 Å². The minimum absolute atomic E-state index is 0. The number of hydrogen-bond acceptors (Lipinski definition) is 4. The number of anilines is 1. The van der Waals surface area contributed by atoms with Crippen molar-refractivity contribution < 1.29 is 47.3 Å². The number of unbranched alkanes of at least 4 members (excludes halogenated alkanes) is 12. The molecule has 178 valence electrons. The molecule has 0 saturated carbocycles. The molecule has 1 aromatic carbocycles. The van der Waals surface area contributed by atoms with Gasteiger partial charge in [-0.3, -0.25) is 4.31 Å². The van der Waals surface area contributed by atoms with Crippen LogP contribution in [-0.2, 0) is 10.3 Å². The van der Waals surface area contributed by atoms with Crippen molar-refractivity contribution in [3.05, 3.63) is 36.4 Å². The number of rotatable bonds is 19. The predicted molar refractivity (Wildman–Crippen MR) is 129 cm³/mol. The van der Waals surface area contributed by atoms with Crippen molar-refractivity contribution >= 4 is 16.0 Å². The van der Waals surface area contributed by atoms with Crippen molar-refractivity contribution in [2.75, 3.05) is 18.0 Å². The van der Waals surface area contributed by atoms with E-state index in [0.717, 1.165) is 30.0 Å². The third-order valence-corrected chi connectivity index (χ3v) is 6.44. The molecule has 5 nitrogen and oxygen atoms in total. The Morgan fingerprint density at radius 3 is 1.75 bits per heavy atom. The Hall–Kier alpha value is -0.530. The molecule has 0 aromatic heterocycles. The molecule has 0 spiro atoms. The van der Waals surface area contributed by atoms with Gasteiger partial charge in [0.25, 0.3) is 0 Å². The van der Waals surface area contributed by atoms with Gasteiger partial charge in [0.05, 0.1) is 12.8 Å². The number of ether oxygens (including phenoxy) is 1. The Morgan fingerprint density at radius 2 is 1.28 bits per heavy atom. The molecule has 0 bridgehead atoms. The average molecular weight is 476 g/mol. The first-order valence-electron chi connectivity index (χ1n) is 12.0. The molecule has 0 aliphatic carbocycles. The Bertz CT molecular complexity index is 692. The number of benzene rings is 1. The van der Waals surface area contributed by atoms with Gasteiger partial charge < -0.3 is 9.29 Å². The summed E-state index contributed by atoms with van der Waals surface area (Å²) in [6, 6.07) is 6.54. The van der Waals surface area contributed by atoms with Gasteiger partial charge in [0.1, 0.15) is 5.75 Å². The molecule has 0 amide bonds. The fourth-order valence-electron chi connectivity index (χ4n) is 3.62. The largest absolute Gasteiger partial charge is 1.00 e. The number of nitrogens with zero attached hydrogens (tertiary/aromatic N) is 1. The molecule has 0 saturated heterocycles. The Kier molecular flexibility index (Phi) is 19.6. The van der Waals surface area contributed by atoms with Gasteiger partial charge in [-0.25, -0.2) is 8.42 Å². The molecule has 0 aliphatic heterocycles. The van der Waals surface area contributed by atoms with E-state index in [0.29, 0.717) is 17.9 Å². The van der Waals surface area contributed by atoms with E-state index in [2.05, 4.69) is 19.1 Å². The number of methoxy groups -OCH3 is 1. The second-order valence-corrected chi connectivity index (χ2v) is 9.46. The molecule has 1 aromatic rings. The van der Waals surface area contributed by atoms with Gasteiger partial charge in [-0.2, -0.15) is 0 Å². The summed E-state index contributed by atoms with van der Waals surface area (Å²) in [5.74, 6) is 0.629. The standard InChI is InChI=1S/C25H43NO4S.Na/c1-3-4-5-6-7-8-9-10-11-12-13-14-15-16-17-18-23-26(31(27,28)29)24-19-21-25(30-2)22-20-24;/h10-11,19-22H,3-9,12-18,23H2,1-2H3,(H,27,28,29);/q;+1/p-1/b11-10-;. The molecular formula is C25H42NNaO4S. The van der Waals surface area contributed by atoms with Crippen LogP contribution in [-0.4, -0.2) is 26.6 Å². The van der Waals surface area contributed by atoms with Gasteiger partial charge >= 0.3 is 29.6 Å². The molecule has 0 unspecified atom stereocenters. The van der Waals surface area contributed by atoms with Crippen molar-refractivity contribution in [1.82, 2.24) is 0 Å². The SMILES string of the molecule is CCCCCCCC/C=C\CCCCCCCCN(c1ccc(OC)cc1)S(=O)(=O)[O-].[Na+]. The molecule has 1 rings (SSSR count). The van der Waals surface area contributed by atoms with Crippen molar-refractivity contribution in [1.29, 1.82) is 0 Å². The first-order chi connectivity index (χ1) is 15.0. The summed E-state index contributed by atoms with van der Waals surface area (Å²) in [7, 11) is -2.98. The van der Waals surface area contributed by atoms with Crippen LogP contribution in [0.5, 0.6) is 5.75 Å². The summed E-state index contributed by atoms with van der Waals surface area (Å²) in [6.07, 6.45) is 21.3. The van der Waals surface area contributed by atoms with Crippen LogP contribution >= 0.6 is 0 Å². The maximum Gasteiger partial charge on any atom is 1.00 e. The molecule has 0 aliphatic rings. The Morgan fingerprint density at radius 1 is 0.812 bits per heavy atom. The third-order valence-electron chi connectivity index (χ3n) is 5.50. The summed E-state index contributed by atoms with van der Waals surface area (Å²) in [4.78, 5) is 0. The van der Waals surface area contributed by atoms with E-state index in [1.165, 1.54) is 57.8 Å². The van der Waals surface area contributed by atoms with Gasteiger partial charge in [0.2, 0.25) is 0 Å². The van der Waals surface area contributed by atoms with E-state index in [1.54, 1.807) is 31.4 Å². The van der Waals surface area contributed by atoms with Gasteiger partial charge in [0.15, 0.2) is 10.3 Å². The van der Waals surface area contributed by atoms with Crippen LogP contribution in [0.2, 0.25) is 0 Å². The topological polar surface area (TPSA) is 69.7 Å². The fraction of sp³-hybridized carbons (Fsp3) is 0.680. The summed E-state index contributed by atoms with van der Waals surface area (Å²) in [5, 5.41) is 0. The van der Waals surface area contributed by atoms with Gasteiger partial charge in [-0.1, -0.05) is 76.9 Å². The van der Waals surface area contributed by atoms with Crippen LogP contribution in [0.1, 0.15) is 96.8 Å². The van der Waals surface area contributed by atoms with E-state index in [-0.39, 0.29) is 36.1 Å². The number of hydrogen-bond donors (Lipinski definition) is 0. The average Bonchev–Trinajstić information content (AvgIpc) is 2.75. The molecular weight excluding hydrogens is 433 g/mol. The quantitative estimate of drug-likeness (QED) is 0.131. The smallest absolute Gasteiger partial charge is 0.731 e. The van der Waals surface area contributed by atoms with Crippen LogP contribution in [0, 0.1) is 0 Å². The first-order valence-corrected chi connectivity index (χ1v) is 13.4. The molecule has 0 atom stereocenters. The van der Waals surface area contributed by atoms with Gasteiger partial charge in [0, 0.05) is 6.54 Å². The van der Waals surface area contributed by atoms with Crippen molar-refractivity contribution in [3.8, 4) is 5.75 Å². The van der Waals surface area contributed by atoms with E-state index < -0.39 is 10.3 Å². The first kappa shape index (κ1) is 31.5. The van der Waals surface area contributed by atoms with E-state index in [4.69, 9.17) is 4.74 Å².